The summed E-state index contributed by atoms with van der Waals surface area (Å²) < 4.78 is 1.18. The van der Waals surface area contributed by atoms with Crippen LogP contribution in [0.3, 0.4) is 0 Å². The van der Waals surface area contributed by atoms with E-state index in [2.05, 4.69) is 21.9 Å². The Morgan fingerprint density at radius 2 is 2.47 bits per heavy atom. The summed E-state index contributed by atoms with van der Waals surface area (Å²) >= 11 is 0. The number of likely N-dealkylation sites (tertiary alicyclic amines) is 1. The van der Waals surface area contributed by atoms with Gasteiger partial charge in [0.15, 0.2) is 0 Å². The van der Waals surface area contributed by atoms with Gasteiger partial charge in [0.1, 0.15) is 0 Å². The Morgan fingerprint density at radius 3 is 3.11 bits per heavy atom. The van der Waals surface area contributed by atoms with Crippen molar-refractivity contribution in [2.75, 3.05) is 20.2 Å². The number of nitrogens with zero attached hydrogens (tertiary/aromatic N) is 5. The SMILES string of the molecule is CON[C@@H]1CC[C@@H](C#N)N(CC(=O)n2ccnn2)C1. The summed E-state index contributed by atoms with van der Waals surface area (Å²) in [6.45, 7) is 0.732. The molecule has 0 radical (unpaired) electrons. The molecule has 0 saturated carbocycles. The van der Waals surface area contributed by atoms with E-state index in [1.807, 2.05) is 4.90 Å². The lowest BCUT2D eigenvalue weighted by Gasteiger charge is -2.35. The fraction of sp³-hybridized carbons (Fsp3) is 0.636. The molecule has 8 nitrogen and oxygen atoms in total. The molecule has 1 aliphatic rings. The zero-order valence-corrected chi connectivity index (χ0v) is 10.7. The smallest absolute Gasteiger partial charge is 0.262 e. The van der Waals surface area contributed by atoms with Gasteiger partial charge in [0.2, 0.25) is 0 Å². The first-order valence-electron chi connectivity index (χ1n) is 6.06. The summed E-state index contributed by atoms with van der Waals surface area (Å²) in [4.78, 5) is 18.7. The Labute approximate surface area is 110 Å². The number of carbonyl (C=O) groups is 1. The highest BCUT2D eigenvalue weighted by atomic mass is 16.6. The summed E-state index contributed by atoms with van der Waals surface area (Å²) in [7, 11) is 1.56. The second-order valence-corrected chi connectivity index (χ2v) is 4.41. The minimum absolute atomic E-state index is 0.123. The molecule has 1 saturated heterocycles. The molecule has 0 unspecified atom stereocenters. The van der Waals surface area contributed by atoms with Crippen molar-refractivity contribution in [3.63, 3.8) is 0 Å². The highest BCUT2D eigenvalue weighted by Gasteiger charge is 2.29. The van der Waals surface area contributed by atoms with E-state index in [0.717, 1.165) is 6.42 Å². The van der Waals surface area contributed by atoms with E-state index in [4.69, 9.17) is 10.1 Å². The lowest BCUT2D eigenvalue weighted by atomic mass is 9.99. The number of hydroxylamine groups is 1. The van der Waals surface area contributed by atoms with Crippen LogP contribution in [-0.2, 0) is 4.84 Å². The number of hydrogen-bond acceptors (Lipinski definition) is 7. The zero-order chi connectivity index (χ0) is 13.7. The third-order valence-electron chi connectivity index (χ3n) is 3.13. The van der Waals surface area contributed by atoms with Gasteiger partial charge < -0.3 is 4.84 Å². The van der Waals surface area contributed by atoms with Crippen molar-refractivity contribution >= 4 is 5.91 Å². The average molecular weight is 264 g/mol. The molecule has 102 valence electrons. The molecule has 1 aliphatic heterocycles. The molecule has 1 N–H and O–H groups in total. The van der Waals surface area contributed by atoms with Crippen LogP contribution in [0.5, 0.6) is 0 Å². The number of rotatable bonds is 4. The van der Waals surface area contributed by atoms with Crippen LogP contribution in [0.2, 0.25) is 0 Å². The quantitative estimate of drug-likeness (QED) is 0.727. The van der Waals surface area contributed by atoms with Gasteiger partial charge in [-0.15, -0.1) is 5.10 Å². The number of nitrogens with one attached hydrogen (secondary N) is 1. The van der Waals surface area contributed by atoms with Crippen molar-refractivity contribution in [2.24, 2.45) is 0 Å². The monoisotopic (exact) mass is 264 g/mol. The minimum Gasteiger partial charge on any atom is -0.305 e. The Kier molecular flexibility index (Phi) is 4.57. The maximum Gasteiger partial charge on any atom is 0.262 e. The maximum absolute atomic E-state index is 12.0. The molecule has 0 bridgehead atoms. The van der Waals surface area contributed by atoms with Crippen molar-refractivity contribution in [1.29, 1.82) is 5.26 Å². The van der Waals surface area contributed by atoms with Gasteiger partial charge in [0.05, 0.1) is 38.2 Å². The number of hydrogen-bond donors (Lipinski definition) is 1. The summed E-state index contributed by atoms with van der Waals surface area (Å²) in [5.41, 5.74) is 2.87. The highest BCUT2D eigenvalue weighted by Crippen LogP contribution is 2.16. The first kappa shape index (κ1) is 13.6. The van der Waals surface area contributed by atoms with Crippen LogP contribution in [-0.4, -0.2) is 58.1 Å². The maximum atomic E-state index is 12.0. The van der Waals surface area contributed by atoms with Crippen LogP contribution in [0.25, 0.3) is 0 Å². The number of piperidine rings is 1. The Bertz CT molecular complexity index is 454. The molecule has 0 spiro atoms. The van der Waals surface area contributed by atoms with Crippen LogP contribution < -0.4 is 5.48 Å². The van der Waals surface area contributed by atoms with E-state index in [1.165, 1.54) is 17.1 Å². The molecular formula is C11H16N6O2. The predicted octanol–water partition coefficient (Wildman–Crippen LogP) is -0.574. The van der Waals surface area contributed by atoms with Crippen molar-refractivity contribution < 1.29 is 9.63 Å². The van der Waals surface area contributed by atoms with E-state index >= 15 is 0 Å². The van der Waals surface area contributed by atoms with Gasteiger partial charge in [-0.25, -0.2) is 0 Å². The van der Waals surface area contributed by atoms with Crippen LogP contribution in [0.1, 0.15) is 17.6 Å². The van der Waals surface area contributed by atoms with Gasteiger partial charge >= 0.3 is 0 Å². The molecule has 2 atom stereocenters. The van der Waals surface area contributed by atoms with E-state index in [-0.39, 0.29) is 24.5 Å². The lowest BCUT2D eigenvalue weighted by molar-refractivity contribution is 0.0226. The molecule has 19 heavy (non-hydrogen) atoms. The predicted molar refractivity (Wildman–Crippen MR) is 64.8 cm³/mol. The number of carbonyl (C=O) groups excluding carboxylic acids is 1. The minimum atomic E-state index is -0.248. The van der Waals surface area contributed by atoms with Crippen LogP contribution >= 0.6 is 0 Å². The first-order valence-corrected chi connectivity index (χ1v) is 6.06. The van der Waals surface area contributed by atoms with Gasteiger partial charge in [-0.3, -0.25) is 9.69 Å². The normalized spacial score (nSPS) is 24.0. The van der Waals surface area contributed by atoms with Crippen LogP contribution in [0.4, 0.5) is 0 Å². The highest BCUT2D eigenvalue weighted by molar-refractivity contribution is 5.79. The third-order valence-corrected chi connectivity index (χ3v) is 3.13. The van der Waals surface area contributed by atoms with Crippen molar-refractivity contribution in [3.8, 4) is 6.07 Å². The largest absolute Gasteiger partial charge is 0.305 e. The Hall–Kier alpha value is -1.82. The third kappa shape index (κ3) is 3.35. The van der Waals surface area contributed by atoms with E-state index in [9.17, 15) is 4.79 Å². The van der Waals surface area contributed by atoms with Gasteiger partial charge in [-0.1, -0.05) is 5.21 Å². The molecule has 2 rings (SSSR count). The molecule has 1 aromatic heterocycles. The molecule has 2 heterocycles. The van der Waals surface area contributed by atoms with Crippen molar-refractivity contribution in [3.05, 3.63) is 12.4 Å². The second kappa shape index (κ2) is 6.38. The molecule has 0 amide bonds. The fourth-order valence-corrected chi connectivity index (χ4v) is 2.21. The van der Waals surface area contributed by atoms with Crippen LogP contribution in [0, 0.1) is 11.3 Å². The van der Waals surface area contributed by atoms with E-state index in [1.54, 1.807) is 7.11 Å². The molecule has 1 aromatic rings. The van der Waals surface area contributed by atoms with Crippen molar-refractivity contribution in [2.45, 2.75) is 24.9 Å². The van der Waals surface area contributed by atoms with Crippen LogP contribution in [0.15, 0.2) is 12.4 Å². The molecular weight excluding hydrogens is 248 g/mol. The summed E-state index contributed by atoms with van der Waals surface area (Å²) in [5.74, 6) is -0.198. The molecule has 1 fully saturated rings. The molecule has 0 aliphatic carbocycles. The average Bonchev–Trinajstić information content (AvgIpc) is 2.93. The lowest BCUT2D eigenvalue weighted by Crippen LogP contribution is -2.51. The summed E-state index contributed by atoms with van der Waals surface area (Å²) in [6, 6.07) is 2.10. The Morgan fingerprint density at radius 1 is 1.63 bits per heavy atom. The first-order chi connectivity index (χ1) is 9.24. The fourth-order valence-electron chi connectivity index (χ4n) is 2.21. The van der Waals surface area contributed by atoms with Crippen molar-refractivity contribution in [1.82, 2.24) is 25.4 Å². The summed E-state index contributed by atoms with van der Waals surface area (Å²) in [5, 5.41) is 16.4. The van der Waals surface area contributed by atoms with Gasteiger partial charge in [0, 0.05) is 12.6 Å². The van der Waals surface area contributed by atoms with E-state index in [0.29, 0.717) is 13.0 Å². The standard InChI is InChI=1S/C11H16N6O2/c1-19-14-9-2-3-10(6-12)16(7-9)8-11(18)17-5-4-13-15-17/h4-5,9-10,14H,2-3,7-8H2,1H3/t9-,10+/m1/s1. The molecule has 8 heteroatoms. The Balaban J connectivity index is 1.99. The number of aromatic nitrogens is 3. The topological polar surface area (TPSA) is 96.1 Å². The van der Waals surface area contributed by atoms with Gasteiger partial charge in [-0.2, -0.15) is 15.4 Å². The second-order valence-electron chi connectivity index (χ2n) is 4.41. The zero-order valence-electron chi connectivity index (χ0n) is 10.7. The van der Waals surface area contributed by atoms with E-state index < -0.39 is 0 Å². The summed E-state index contributed by atoms with van der Waals surface area (Å²) in [6.07, 6.45) is 4.51. The van der Waals surface area contributed by atoms with Gasteiger partial charge in [0.25, 0.3) is 5.91 Å². The van der Waals surface area contributed by atoms with Gasteiger partial charge in [-0.05, 0) is 12.8 Å². The molecule has 0 aromatic carbocycles. The number of nitriles is 1.